The van der Waals surface area contributed by atoms with Gasteiger partial charge in [0.1, 0.15) is 37.6 Å². The normalized spacial score (nSPS) is 22.6. The molecule has 2 heterocycles. The molecule has 1 saturated heterocycles. The van der Waals surface area contributed by atoms with Crippen LogP contribution in [0.15, 0.2) is 127 Å². The van der Waals surface area contributed by atoms with E-state index in [9.17, 15) is 5.11 Å². The van der Waals surface area contributed by atoms with Crippen molar-refractivity contribution in [2.75, 3.05) is 26.9 Å². The molecule has 5 aromatic carbocycles. The van der Waals surface area contributed by atoms with Gasteiger partial charge in [0.05, 0.1) is 26.4 Å². The van der Waals surface area contributed by atoms with E-state index in [1.807, 2.05) is 127 Å². The summed E-state index contributed by atoms with van der Waals surface area (Å²) in [6, 6.07) is 41.4. The third kappa shape index (κ3) is 8.19. The van der Waals surface area contributed by atoms with E-state index in [1.54, 1.807) is 7.11 Å². The van der Waals surface area contributed by atoms with Gasteiger partial charge in [-0.3, -0.25) is 0 Å². The maximum absolute atomic E-state index is 10.9. The quantitative estimate of drug-likeness (QED) is 0.125. The number of methoxy groups -OCH3 is 1. The molecule has 9 heteroatoms. The molecule has 5 atom stereocenters. The van der Waals surface area contributed by atoms with Crippen molar-refractivity contribution in [3.8, 4) is 11.5 Å². The van der Waals surface area contributed by atoms with E-state index in [-0.39, 0.29) is 26.4 Å². The second-order valence-electron chi connectivity index (χ2n) is 12.9. The molecule has 0 aliphatic carbocycles. The van der Waals surface area contributed by atoms with Gasteiger partial charge in [-0.15, -0.1) is 0 Å². The Morgan fingerprint density at radius 2 is 1.23 bits per heavy atom. The van der Waals surface area contributed by atoms with Crippen LogP contribution in [0.3, 0.4) is 0 Å². The molecule has 1 N–H and O–H groups in total. The molecule has 0 aromatic heterocycles. The van der Waals surface area contributed by atoms with Crippen molar-refractivity contribution in [2.24, 2.45) is 0 Å². The monoisotopic (exact) mass is 722 g/mol. The van der Waals surface area contributed by atoms with E-state index >= 15 is 0 Å². The van der Waals surface area contributed by atoms with Crippen molar-refractivity contribution in [2.45, 2.75) is 56.4 Å². The van der Waals surface area contributed by atoms with Crippen LogP contribution in [0.5, 0.6) is 11.5 Å². The minimum atomic E-state index is -1.53. The van der Waals surface area contributed by atoms with Crippen molar-refractivity contribution in [3.63, 3.8) is 0 Å². The topological polar surface area (TPSA) is 84.8 Å². The maximum atomic E-state index is 10.9. The number of hydrogen-bond acceptors (Lipinski definition) is 8. The Kier molecular flexibility index (Phi) is 11.8. The van der Waals surface area contributed by atoms with Crippen LogP contribution >= 0.6 is 11.6 Å². The Morgan fingerprint density at radius 3 is 1.83 bits per heavy atom. The summed E-state index contributed by atoms with van der Waals surface area (Å²) in [4.78, 5) is 0. The third-order valence-electron chi connectivity index (χ3n) is 9.47. The predicted octanol–water partition coefficient (Wildman–Crippen LogP) is 7.65. The average molecular weight is 723 g/mol. The Hall–Kier alpha value is -4.25. The first-order valence-electron chi connectivity index (χ1n) is 17.5. The maximum Gasteiger partial charge on any atom is 0.225 e. The minimum Gasteiger partial charge on any atom is -0.486 e. The van der Waals surface area contributed by atoms with Crippen LogP contribution in [0, 0.1) is 0 Å². The van der Waals surface area contributed by atoms with E-state index < -0.39 is 30.2 Å². The average Bonchev–Trinajstić information content (AvgIpc) is 3.20. The molecule has 1 unspecified atom stereocenters. The van der Waals surface area contributed by atoms with Crippen LogP contribution in [-0.2, 0) is 55.7 Å². The van der Waals surface area contributed by atoms with E-state index in [1.165, 1.54) is 0 Å². The van der Waals surface area contributed by atoms with Crippen molar-refractivity contribution < 1.29 is 38.3 Å². The lowest BCUT2D eigenvalue weighted by Crippen LogP contribution is -2.66. The zero-order valence-electron chi connectivity index (χ0n) is 29.1. The number of rotatable bonds is 14. The molecule has 2 aliphatic heterocycles. The number of benzene rings is 5. The van der Waals surface area contributed by atoms with Gasteiger partial charge < -0.3 is 38.3 Å². The largest absolute Gasteiger partial charge is 0.486 e. The summed E-state index contributed by atoms with van der Waals surface area (Å²) >= 11 is 6.87. The van der Waals surface area contributed by atoms with Gasteiger partial charge in [-0.1, -0.05) is 115 Å². The molecule has 2 aliphatic rings. The Balaban J connectivity index is 1.28. The highest BCUT2D eigenvalue weighted by Gasteiger charge is 2.58. The lowest BCUT2D eigenvalue weighted by atomic mass is 9.86. The summed E-state index contributed by atoms with van der Waals surface area (Å²) in [6.07, 6.45) is -2.64. The first-order chi connectivity index (χ1) is 25.6. The van der Waals surface area contributed by atoms with Crippen LogP contribution in [0.1, 0.15) is 33.4 Å². The molecule has 0 amide bonds. The number of halogens is 1. The van der Waals surface area contributed by atoms with Gasteiger partial charge >= 0.3 is 0 Å². The molecular formula is C43H43ClO8. The van der Waals surface area contributed by atoms with Crippen molar-refractivity contribution in [1.82, 2.24) is 0 Å². The van der Waals surface area contributed by atoms with Crippen molar-refractivity contribution >= 4 is 11.6 Å². The van der Waals surface area contributed by atoms with Gasteiger partial charge in [0.15, 0.2) is 11.5 Å². The summed E-state index contributed by atoms with van der Waals surface area (Å²) < 4.78 is 45.2. The van der Waals surface area contributed by atoms with Gasteiger partial charge in [-0.25, -0.2) is 0 Å². The predicted molar refractivity (Wildman–Crippen MR) is 197 cm³/mol. The van der Waals surface area contributed by atoms with Gasteiger partial charge in [0, 0.05) is 17.7 Å². The first-order valence-corrected chi connectivity index (χ1v) is 17.9. The van der Waals surface area contributed by atoms with Gasteiger partial charge in [-0.2, -0.15) is 0 Å². The van der Waals surface area contributed by atoms with Crippen molar-refractivity contribution in [3.05, 3.63) is 166 Å². The fraction of sp³-hybridized carbons (Fsp3) is 0.302. The van der Waals surface area contributed by atoms with E-state index in [0.29, 0.717) is 36.0 Å². The number of fused-ring (bicyclic) bond motifs is 1. The zero-order chi connectivity index (χ0) is 35.8. The smallest absolute Gasteiger partial charge is 0.225 e. The highest BCUT2D eigenvalue weighted by Crippen LogP contribution is 2.45. The molecule has 0 radical (unpaired) electrons. The molecular weight excluding hydrogens is 680 g/mol. The van der Waals surface area contributed by atoms with E-state index in [4.69, 9.17) is 44.8 Å². The van der Waals surface area contributed by atoms with Crippen LogP contribution in [0.4, 0.5) is 0 Å². The fourth-order valence-electron chi connectivity index (χ4n) is 6.84. The van der Waals surface area contributed by atoms with Crippen LogP contribution in [0.2, 0.25) is 5.02 Å². The zero-order valence-corrected chi connectivity index (χ0v) is 29.8. The number of aliphatic hydroxyl groups is 1. The lowest BCUT2D eigenvalue weighted by Gasteiger charge is -2.52. The van der Waals surface area contributed by atoms with Gasteiger partial charge in [0.25, 0.3) is 0 Å². The molecule has 0 spiro atoms. The standard InChI is InChI=1S/C43H43ClO8/c1-46-43(35-18-19-36(44)34(25-35)23-33-17-20-37-38(24-33)48-22-21-47-37)42(51-29-32-15-9-4-10-16-32)41(50-28-31-13-7-3-8-14-31)40(39(26-45)52-43)49-27-30-11-5-2-6-12-30/h2-20,24-25,39-42,45H,21-23,26-29H2,1H3/t39?,40-,41+,42-,43+/m1/s1. The molecule has 0 saturated carbocycles. The second-order valence-corrected chi connectivity index (χ2v) is 13.3. The fourth-order valence-corrected chi connectivity index (χ4v) is 7.03. The Morgan fingerprint density at radius 1 is 0.654 bits per heavy atom. The third-order valence-corrected chi connectivity index (χ3v) is 9.83. The molecule has 52 heavy (non-hydrogen) atoms. The van der Waals surface area contributed by atoms with Crippen LogP contribution < -0.4 is 9.47 Å². The summed E-state index contributed by atoms with van der Waals surface area (Å²) in [5, 5.41) is 11.5. The second kappa shape index (κ2) is 17.1. The molecule has 1 fully saturated rings. The van der Waals surface area contributed by atoms with E-state index in [2.05, 4.69) is 0 Å². The van der Waals surface area contributed by atoms with Crippen LogP contribution in [0.25, 0.3) is 0 Å². The molecule has 270 valence electrons. The minimum absolute atomic E-state index is 0.248. The SMILES string of the molecule is CO[C@@]1(c2ccc(Cl)c(Cc3ccc4c(c3)OCCO4)c2)OC(CO)[C@@H](OCc2ccccc2)[C@H](OCc2ccccc2)[C@H]1OCc1ccccc1. The Labute approximate surface area is 309 Å². The summed E-state index contributed by atoms with van der Waals surface area (Å²) in [5.41, 5.74) is 5.45. The van der Waals surface area contributed by atoms with Gasteiger partial charge in [0.2, 0.25) is 5.79 Å². The summed E-state index contributed by atoms with van der Waals surface area (Å²) in [5.74, 6) is -0.0922. The summed E-state index contributed by atoms with van der Waals surface area (Å²) in [7, 11) is 1.59. The molecule has 8 nitrogen and oxygen atoms in total. The number of ether oxygens (including phenoxy) is 7. The highest BCUT2D eigenvalue weighted by atomic mass is 35.5. The van der Waals surface area contributed by atoms with E-state index in [0.717, 1.165) is 33.6 Å². The van der Waals surface area contributed by atoms with Crippen molar-refractivity contribution in [1.29, 1.82) is 0 Å². The molecule has 5 aromatic rings. The number of hydrogen-bond donors (Lipinski definition) is 1. The summed E-state index contributed by atoms with van der Waals surface area (Å²) in [6.45, 7) is 1.48. The van der Waals surface area contributed by atoms with Gasteiger partial charge in [-0.05, 0) is 58.5 Å². The Bertz CT molecular complexity index is 1880. The van der Waals surface area contributed by atoms with Crippen LogP contribution in [-0.4, -0.2) is 56.5 Å². The number of aliphatic hydroxyl groups excluding tert-OH is 1. The highest BCUT2D eigenvalue weighted by molar-refractivity contribution is 6.31. The molecule has 7 rings (SSSR count). The first kappa shape index (κ1) is 36.1. The lowest BCUT2D eigenvalue weighted by molar-refractivity contribution is -0.384. The molecule has 0 bridgehead atoms.